The van der Waals surface area contributed by atoms with Crippen LogP contribution in [0.1, 0.15) is 17.3 Å². The van der Waals surface area contributed by atoms with Gasteiger partial charge in [0, 0.05) is 36.5 Å². The van der Waals surface area contributed by atoms with Crippen LogP contribution in [0.2, 0.25) is 0 Å². The van der Waals surface area contributed by atoms with Crippen molar-refractivity contribution in [1.29, 1.82) is 0 Å². The molecule has 2 aromatic carbocycles. The number of non-ortho nitro benzene ring substituents is 1. The fraction of sp³-hybridized carbons (Fsp3) is 0.263. The van der Waals surface area contributed by atoms with Crippen molar-refractivity contribution >= 4 is 23.2 Å². The molecule has 0 radical (unpaired) electrons. The van der Waals surface area contributed by atoms with Crippen LogP contribution in [0.15, 0.2) is 48.5 Å². The molecule has 2 amide bonds. The average molecular weight is 369 g/mol. The minimum absolute atomic E-state index is 0.0347. The van der Waals surface area contributed by atoms with Crippen molar-refractivity contribution in [2.75, 3.05) is 25.1 Å². The summed E-state index contributed by atoms with van der Waals surface area (Å²) >= 11 is 0. The standard InChI is InChI=1S/C19H19N3O5/c1-13-18(23)21(15-5-7-16(8-6-15)22(25)26)12-11-20(13)19(24)14-3-9-17(27-2)10-4-14/h3-10,13H,11-12H2,1-2H3. The molecule has 0 saturated carbocycles. The summed E-state index contributed by atoms with van der Waals surface area (Å²) in [6, 6.07) is 11.9. The van der Waals surface area contributed by atoms with Crippen molar-refractivity contribution in [2.45, 2.75) is 13.0 Å². The molecule has 1 heterocycles. The Hall–Kier alpha value is -3.42. The Labute approximate surface area is 156 Å². The van der Waals surface area contributed by atoms with E-state index in [9.17, 15) is 19.7 Å². The number of nitrogens with zero attached hydrogens (tertiary/aromatic N) is 3. The molecule has 8 heteroatoms. The molecule has 0 spiro atoms. The number of methoxy groups -OCH3 is 1. The van der Waals surface area contributed by atoms with Crippen molar-refractivity contribution in [3.63, 3.8) is 0 Å². The average Bonchev–Trinajstić information content (AvgIpc) is 2.69. The number of hydrogen-bond donors (Lipinski definition) is 0. The van der Waals surface area contributed by atoms with E-state index < -0.39 is 11.0 Å². The minimum Gasteiger partial charge on any atom is -0.497 e. The van der Waals surface area contributed by atoms with Gasteiger partial charge >= 0.3 is 0 Å². The Balaban J connectivity index is 1.75. The van der Waals surface area contributed by atoms with Crippen LogP contribution >= 0.6 is 0 Å². The molecule has 3 rings (SSSR count). The molecule has 8 nitrogen and oxygen atoms in total. The molecule has 0 N–H and O–H groups in total. The van der Waals surface area contributed by atoms with Crippen molar-refractivity contribution < 1.29 is 19.2 Å². The van der Waals surface area contributed by atoms with Crippen molar-refractivity contribution in [3.8, 4) is 5.75 Å². The maximum absolute atomic E-state index is 12.8. The number of rotatable bonds is 4. The second-order valence-corrected chi connectivity index (χ2v) is 6.17. The van der Waals surface area contributed by atoms with Gasteiger partial charge in [-0.1, -0.05) is 0 Å². The molecule has 1 aliphatic rings. The summed E-state index contributed by atoms with van der Waals surface area (Å²) in [5.74, 6) is 0.206. The second kappa shape index (κ2) is 7.45. The van der Waals surface area contributed by atoms with Gasteiger partial charge in [0.15, 0.2) is 0 Å². The molecule has 0 aliphatic carbocycles. The zero-order valence-corrected chi connectivity index (χ0v) is 15.0. The lowest BCUT2D eigenvalue weighted by Crippen LogP contribution is -2.57. The van der Waals surface area contributed by atoms with Gasteiger partial charge in [0.25, 0.3) is 11.6 Å². The van der Waals surface area contributed by atoms with Gasteiger partial charge in [-0.3, -0.25) is 19.7 Å². The van der Waals surface area contributed by atoms with Crippen LogP contribution < -0.4 is 9.64 Å². The third-order valence-electron chi connectivity index (χ3n) is 4.63. The van der Waals surface area contributed by atoms with E-state index >= 15 is 0 Å². The van der Waals surface area contributed by atoms with Gasteiger partial charge in [-0.15, -0.1) is 0 Å². The first-order chi connectivity index (χ1) is 12.9. The molecule has 27 heavy (non-hydrogen) atoms. The summed E-state index contributed by atoms with van der Waals surface area (Å²) in [5, 5.41) is 10.8. The van der Waals surface area contributed by atoms with Gasteiger partial charge in [0.2, 0.25) is 5.91 Å². The van der Waals surface area contributed by atoms with E-state index in [4.69, 9.17) is 4.74 Å². The van der Waals surface area contributed by atoms with E-state index in [1.807, 2.05) is 0 Å². The van der Waals surface area contributed by atoms with E-state index in [-0.39, 0.29) is 17.5 Å². The topological polar surface area (TPSA) is 93.0 Å². The van der Waals surface area contributed by atoms with E-state index in [0.717, 1.165) is 0 Å². The summed E-state index contributed by atoms with van der Waals surface area (Å²) in [6.07, 6.45) is 0. The highest BCUT2D eigenvalue weighted by Gasteiger charge is 2.35. The summed E-state index contributed by atoms with van der Waals surface area (Å²) in [5.41, 5.74) is 1.03. The lowest BCUT2D eigenvalue weighted by Gasteiger charge is -2.39. The Morgan fingerprint density at radius 2 is 1.74 bits per heavy atom. The Kier molecular flexibility index (Phi) is 5.07. The molecule has 1 aliphatic heterocycles. The number of piperazine rings is 1. The molecule has 1 atom stereocenters. The van der Waals surface area contributed by atoms with Gasteiger partial charge < -0.3 is 14.5 Å². The highest BCUT2D eigenvalue weighted by atomic mass is 16.6. The lowest BCUT2D eigenvalue weighted by atomic mass is 10.1. The number of carbonyl (C=O) groups excluding carboxylic acids is 2. The number of anilines is 1. The number of nitro groups is 1. The van der Waals surface area contributed by atoms with Gasteiger partial charge in [0.05, 0.1) is 12.0 Å². The molecule has 0 aromatic heterocycles. The Morgan fingerprint density at radius 1 is 1.11 bits per heavy atom. The summed E-state index contributed by atoms with van der Waals surface area (Å²) in [7, 11) is 1.55. The number of nitro benzene ring substituents is 1. The summed E-state index contributed by atoms with van der Waals surface area (Å²) in [6.45, 7) is 2.37. The van der Waals surface area contributed by atoms with Crippen LogP contribution in [0.4, 0.5) is 11.4 Å². The monoisotopic (exact) mass is 369 g/mol. The number of amides is 2. The zero-order valence-electron chi connectivity index (χ0n) is 15.0. The Bertz CT molecular complexity index is 864. The molecule has 2 aromatic rings. The number of ether oxygens (including phenoxy) is 1. The lowest BCUT2D eigenvalue weighted by molar-refractivity contribution is -0.384. The van der Waals surface area contributed by atoms with Crippen molar-refractivity contribution in [2.24, 2.45) is 0 Å². The third-order valence-corrected chi connectivity index (χ3v) is 4.63. The minimum atomic E-state index is -0.636. The fourth-order valence-corrected chi connectivity index (χ4v) is 3.06. The molecule has 140 valence electrons. The van der Waals surface area contributed by atoms with Gasteiger partial charge in [-0.2, -0.15) is 0 Å². The number of carbonyl (C=O) groups is 2. The predicted molar refractivity (Wildman–Crippen MR) is 98.9 cm³/mol. The van der Waals surface area contributed by atoms with Crippen LogP contribution in [-0.2, 0) is 4.79 Å². The molecular weight excluding hydrogens is 350 g/mol. The third kappa shape index (κ3) is 3.59. The van der Waals surface area contributed by atoms with E-state index in [1.165, 1.54) is 17.0 Å². The zero-order chi connectivity index (χ0) is 19.6. The maximum Gasteiger partial charge on any atom is 0.269 e. The molecular formula is C19H19N3O5. The predicted octanol–water partition coefficient (Wildman–Crippen LogP) is 2.48. The van der Waals surface area contributed by atoms with Crippen molar-refractivity contribution in [3.05, 3.63) is 64.2 Å². The first-order valence-corrected chi connectivity index (χ1v) is 8.43. The number of hydrogen-bond acceptors (Lipinski definition) is 5. The molecule has 1 saturated heterocycles. The van der Waals surface area contributed by atoms with Crippen LogP contribution in [-0.4, -0.2) is 47.9 Å². The second-order valence-electron chi connectivity index (χ2n) is 6.17. The first-order valence-electron chi connectivity index (χ1n) is 8.43. The molecule has 1 fully saturated rings. The highest BCUT2D eigenvalue weighted by molar-refractivity contribution is 6.03. The Morgan fingerprint density at radius 3 is 2.30 bits per heavy atom. The molecule has 1 unspecified atom stereocenters. The summed E-state index contributed by atoms with van der Waals surface area (Å²) in [4.78, 5) is 38.9. The number of benzene rings is 2. The van der Waals surface area contributed by atoms with Gasteiger partial charge in [0.1, 0.15) is 11.8 Å². The fourth-order valence-electron chi connectivity index (χ4n) is 3.06. The maximum atomic E-state index is 12.8. The highest BCUT2D eigenvalue weighted by Crippen LogP contribution is 2.24. The largest absolute Gasteiger partial charge is 0.497 e. The van der Waals surface area contributed by atoms with Crippen LogP contribution in [0, 0.1) is 10.1 Å². The van der Waals surface area contributed by atoms with Crippen LogP contribution in [0.3, 0.4) is 0 Å². The van der Waals surface area contributed by atoms with Gasteiger partial charge in [-0.05, 0) is 43.3 Å². The first kappa shape index (κ1) is 18.4. The van der Waals surface area contributed by atoms with E-state index in [0.29, 0.717) is 30.1 Å². The normalized spacial score (nSPS) is 17.0. The quantitative estimate of drug-likeness (QED) is 0.610. The van der Waals surface area contributed by atoms with E-state index in [1.54, 1.807) is 55.3 Å². The molecule has 0 bridgehead atoms. The smallest absolute Gasteiger partial charge is 0.269 e. The van der Waals surface area contributed by atoms with Crippen LogP contribution in [0.25, 0.3) is 0 Å². The van der Waals surface area contributed by atoms with Crippen molar-refractivity contribution in [1.82, 2.24) is 4.90 Å². The van der Waals surface area contributed by atoms with Gasteiger partial charge in [-0.25, -0.2) is 0 Å². The van der Waals surface area contributed by atoms with Crippen LogP contribution in [0.5, 0.6) is 5.75 Å². The van der Waals surface area contributed by atoms with E-state index in [2.05, 4.69) is 0 Å². The SMILES string of the molecule is COc1ccc(C(=O)N2CCN(c3ccc([N+](=O)[O-])cc3)C(=O)C2C)cc1. The summed E-state index contributed by atoms with van der Waals surface area (Å²) < 4.78 is 5.09.